The summed E-state index contributed by atoms with van der Waals surface area (Å²) in [6.45, 7) is 5.84. The van der Waals surface area contributed by atoms with E-state index in [-0.39, 0.29) is 5.92 Å². The molecule has 4 rings (SSSR count). The summed E-state index contributed by atoms with van der Waals surface area (Å²) in [6.07, 6.45) is 0.974. The average Bonchev–Trinajstić information content (AvgIpc) is 3.27. The molecule has 0 N–H and O–H groups in total. The second-order valence-electron chi connectivity index (χ2n) is 6.36. The van der Waals surface area contributed by atoms with Crippen LogP contribution in [0.2, 0.25) is 0 Å². The highest BCUT2D eigenvalue weighted by molar-refractivity contribution is 5.59. The third-order valence-corrected chi connectivity index (χ3v) is 4.72. The molecule has 2 aliphatic rings. The van der Waals surface area contributed by atoms with Crippen LogP contribution in [0.1, 0.15) is 18.2 Å². The molecular formula is C17H22N4O2. The topological polar surface area (TPSA) is 54.6 Å². The Hall–Kier alpha value is -1.92. The van der Waals surface area contributed by atoms with E-state index in [9.17, 15) is 0 Å². The summed E-state index contributed by atoms with van der Waals surface area (Å²) in [6, 6.07) is 8.42. The van der Waals surface area contributed by atoms with Gasteiger partial charge in [-0.15, -0.1) is 0 Å². The number of anilines is 1. The van der Waals surface area contributed by atoms with Gasteiger partial charge in [0.25, 0.3) is 5.89 Å². The Bertz CT molecular complexity index is 641. The summed E-state index contributed by atoms with van der Waals surface area (Å²) in [5.74, 6) is 1.63. The Balaban J connectivity index is 1.47. The molecule has 1 atom stereocenters. The number of rotatable bonds is 3. The van der Waals surface area contributed by atoms with Gasteiger partial charge in [-0.25, -0.2) is 0 Å². The van der Waals surface area contributed by atoms with E-state index in [0.717, 1.165) is 50.6 Å². The number of hydrogen-bond donors (Lipinski definition) is 0. The Kier molecular flexibility index (Phi) is 4.01. The maximum atomic E-state index is 5.43. The molecule has 6 heteroatoms. The lowest BCUT2D eigenvalue weighted by Crippen LogP contribution is -2.44. The van der Waals surface area contributed by atoms with Crippen molar-refractivity contribution in [1.29, 1.82) is 0 Å². The Morgan fingerprint density at radius 2 is 1.87 bits per heavy atom. The molecule has 0 spiro atoms. The van der Waals surface area contributed by atoms with E-state index in [4.69, 9.17) is 9.26 Å². The molecule has 1 aromatic carbocycles. The third-order valence-electron chi connectivity index (χ3n) is 4.72. The molecular weight excluding hydrogens is 292 g/mol. The van der Waals surface area contributed by atoms with Crippen molar-refractivity contribution in [1.82, 2.24) is 15.0 Å². The van der Waals surface area contributed by atoms with Crippen LogP contribution in [0.3, 0.4) is 0 Å². The van der Waals surface area contributed by atoms with Crippen LogP contribution in [-0.2, 0) is 4.74 Å². The number of aromatic nitrogens is 2. The summed E-state index contributed by atoms with van der Waals surface area (Å²) >= 11 is 0. The highest BCUT2D eigenvalue weighted by atomic mass is 16.5. The van der Waals surface area contributed by atoms with Gasteiger partial charge in [-0.3, -0.25) is 0 Å². The lowest BCUT2D eigenvalue weighted by Gasteiger charge is -2.34. The zero-order chi connectivity index (χ0) is 15.6. The maximum Gasteiger partial charge on any atom is 0.257 e. The van der Waals surface area contributed by atoms with E-state index >= 15 is 0 Å². The molecule has 2 aliphatic heterocycles. The number of piperazine rings is 1. The molecule has 0 radical (unpaired) electrons. The minimum absolute atomic E-state index is 0.275. The predicted molar refractivity (Wildman–Crippen MR) is 87.6 cm³/mol. The van der Waals surface area contributed by atoms with Crippen LogP contribution in [0.5, 0.6) is 0 Å². The van der Waals surface area contributed by atoms with Crippen LogP contribution < -0.4 is 4.90 Å². The summed E-state index contributed by atoms with van der Waals surface area (Å²) in [5, 5.41) is 4.11. The SMILES string of the molecule is CN1CCN(c2ccc(-c3nc([C@H]4CCOC4)no3)cc2)CC1. The minimum Gasteiger partial charge on any atom is -0.381 e. The number of likely N-dealkylation sites (N-methyl/N-ethyl adjacent to an activating group) is 1. The fraction of sp³-hybridized carbons (Fsp3) is 0.529. The minimum atomic E-state index is 0.275. The molecule has 1 aromatic heterocycles. The summed E-state index contributed by atoms with van der Waals surface area (Å²) < 4.78 is 10.8. The first-order valence-corrected chi connectivity index (χ1v) is 8.25. The standard InChI is InChI=1S/C17H22N4O2/c1-20-7-9-21(10-8-20)15-4-2-13(3-5-15)17-18-16(19-23-17)14-6-11-22-12-14/h2-5,14H,6-12H2,1H3/t14-/m0/s1. The monoisotopic (exact) mass is 314 g/mol. The van der Waals surface area contributed by atoms with Gasteiger partial charge in [0.2, 0.25) is 0 Å². The van der Waals surface area contributed by atoms with Gasteiger partial charge < -0.3 is 19.1 Å². The molecule has 3 heterocycles. The van der Waals surface area contributed by atoms with Crippen LogP contribution >= 0.6 is 0 Å². The van der Waals surface area contributed by atoms with Gasteiger partial charge in [0, 0.05) is 50.0 Å². The molecule has 2 fully saturated rings. The maximum absolute atomic E-state index is 5.43. The van der Waals surface area contributed by atoms with E-state index in [1.54, 1.807) is 0 Å². The van der Waals surface area contributed by atoms with E-state index in [0.29, 0.717) is 12.5 Å². The molecule has 0 saturated carbocycles. The quantitative estimate of drug-likeness (QED) is 0.863. The van der Waals surface area contributed by atoms with Crippen molar-refractivity contribution in [3.8, 4) is 11.5 Å². The zero-order valence-electron chi connectivity index (χ0n) is 13.4. The molecule has 23 heavy (non-hydrogen) atoms. The predicted octanol–water partition coefficient (Wildman–Crippen LogP) is 1.99. The van der Waals surface area contributed by atoms with Crippen LogP contribution in [-0.4, -0.2) is 61.5 Å². The summed E-state index contributed by atoms with van der Waals surface area (Å²) in [7, 11) is 2.17. The van der Waals surface area contributed by atoms with Crippen LogP contribution in [0.4, 0.5) is 5.69 Å². The molecule has 6 nitrogen and oxygen atoms in total. The summed E-state index contributed by atoms with van der Waals surface area (Å²) in [5.41, 5.74) is 2.23. The van der Waals surface area contributed by atoms with Crippen LogP contribution in [0.25, 0.3) is 11.5 Å². The normalized spacial score (nSPS) is 22.7. The van der Waals surface area contributed by atoms with Gasteiger partial charge in [0.15, 0.2) is 5.82 Å². The van der Waals surface area contributed by atoms with Crippen molar-refractivity contribution in [2.75, 3.05) is 51.3 Å². The van der Waals surface area contributed by atoms with E-state index in [2.05, 4.69) is 51.3 Å². The number of benzene rings is 1. The lowest BCUT2D eigenvalue weighted by molar-refractivity contribution is 0.192. The lowest BCUT2D eigenvalue weighted by atomic mass is 10.1. The van der Waals surface area contributed by atoms with Gasteiger partial charge in [-0.2, -0.15) is 4.98 Å². The van der Waals surface area contributed by atoms with E-state index < -0.39 is 0 Å². The Labute approximate surface area is 136 Å². The fourth-order valence-corrected chi connectivity index (χ4v) is 3.14. The largest absolute Gasteiger partial charge is 0.381 e. The second kappa shape index (κ2) is 6.29. The zero-order valence-corrected chi connectivity index (χ0v) is 13.4. The number of hydrogen-bond acceptors (Lipinski definition) is 6. The van der Waals surface area contributed by atoms with Gasteiger partial charge in [-0.1, -0.05) is 5.16 Å². The van der Waals surface area contributed by atoms with Crippen LogP contribution in [0, 0.1) is 0 Å². The van der Waals surface area contributed by atoms with Crippen molar-refractivity contribution in [2.24, 2.45) is 0 Å². The Morgan fingerprint density at radius 3 is 2.57 bits per heavy atom. The third kappa shape index (κ3) is 3.09. The first-order valence-electron chi connectivity index (χ1n) is 8.25. The first kappa shape index (κ1) is 14.7. The molecule has 2 saturated heterocycles. The average molecular weight is 314 g/mol. The fourth-order valence-electron chi connectivity index (χ4n) is 3.14. The molecule has 2 aromatic rings. The van der Waals surface area contributed by atoms with Gasteiger partial charge in [0.05, 0.1) is 6.61 Å². The van der Waals surface area contributed by atoms with Crippen molar-refractivity contribution in [2.45, 2.75) is 12.3 Å². The Morgan fingerprint density at radius 1 is 1.09 bits per heavy atom. The summed E-state index contributed by atoms with van der Waals surface area (Å²) in [4.78, 5) is 9.31. The first-order chi connectivity index (χ1) is 11.3. The number of nitrogens with zero attached hydrogens (tertiary/aromatic N) is 4. The molecule has 122 valence electrons. The van der Waals surface area contributed by atoms with Gasteiger partial charge >= 0.3 is 0 Å². The molecule has 0 bridgehead atoms. The van der Waals surface area contributed by atoms with Crippen molar-refractivity contribution < 1.29 is 9.26 Å². The smallest absolute Gasteiger partial charge is 0.257 e. The van der Waals surface area contributed by atoms with Crippen LogP contribution in [0.15, 0.2) is 28.8 Å². The molecule has 0 unspecified atom stereocenters. The van der Waals surface area contributed by atoms with Crippen molar-refractivity contribution in [3.63, 3.8) is 0 Å². The highest BCUT2D eigenvalue weighted by Gasteiger charge is 2.23. The molecule has 0 amide bonds. The second-order valence-corrected chi connectivity index (χ2v) is 6.36. The van der Waals surface area contributed by atoms with E-state index in [1.807, 2.05) is 0 Å². The highest BCUT2D eigenvalue weighted by Crippen LogP contribution is 2.27. The molecule has 0 aliphatic carbocycles. The van der Waals surface area contributed by atoms with Gasteiger partial charge in [-0.05, 0) is 37.7 Å². The van der Waals surface area contributed by atoms with Gasteiger partial charge in [0.1, 0.15) is 0 Å². The van der Waals surface area contributed by atoms with Crippen molar-refractivity contribution >= 4 is 5.69 Å². The van der Waals surface area contributed by atoms with Crippen molar-refractivity contribution in [3.05, 3.63) is 30.1 Å². The number of ether oxygens (including phenoxy) is 1. The van der Waals surface area contributed by atoms with E-state index in [1.165, 1.54) is 5.69 Å².